The summed E-state index contributed by atoms with van der Waals surface area (Å²) in [6, 6.07) is 9.29. The summed E-state index contributed by atoms with van der Waals surface area (Å²) in [6.07, 6.45) is -0.513. The van der Waals surface area contributed by atoms with Crippen molar-refractivity contribution in [1.29, 1.82) is 0 Å². The maximum Gasteiger partial charge on any atom is 0.263 e. The smallest absolute Gasteiger partial charge is 0.263 e. The van der Waals surface area contributed by atoms with E-state index in [9.17, 15) is 17.6 Å². The second-order valence-corrected chi connectivity index (χ2v) is 9.55. The van der Waals surface area contributed by atoms with Gasteiger partial charge >= 0.3 is 0 Å². The van der Waals surface area contributed by atoms with Gasteiger partial charge in [0.1, 0.15) is 0 Å². The molecule has 0 N–H and O–H groups in total. The number of halogens is 1. The van der Waals surface area contributed by atoms with E-state index < -0.39 is 21.8 Å². The highest BCUT2D eigenvalue weighted by Gasteiger charge is 2.36. The molecule has 1 saturated heterocycles. The van der Waals surface area contributed by atoms with Gasteiger partial charge in [-0.3, -0.25) is 4.79 Å². The SMILES string of the molecule is C[C@H](Oc1ccccc1F)C(=O)N(Cc1cccs1)[C@@H]1CCS(=O)(=O)C1. The fourth-order valence-electron chi connectivity index (χ4n) is 2.99. The van der Waals surface area contributed by atoms with Crippen LogP contribution in [0.1, 0.15) is 18.2 Å². The Morgan fingerprint density at radius 2 is 2.12 bits per heavy atom. The Balaban J connectivity index is 1.78. The van der Waals surface area contributed by atoms with Gasteiger partial charge in [-0.1, -0.05) is 18.2 Å². The number of thiophene rings is 1. The van der Waals surface area contributed by atoms with Gasteiger partial charge in [-0.05, 0) is 36.9 Å². The Labute approximate surface area is 156 Å². The van der Waals surface area contributed by atoms with Gasteiger partial charge < -0.3 is 9.64 Å². The number of rotatable bonds is 6. The molecule has 2 atom stereocenters. The van der Waals surface area contributed by atoms with Crippen LogP contribution in [0.4, 0.5) is 4.39 Å². The molecule has 1 aromatic heterocycles. The summed E-state index contributed by atoms with van der Waals surface area (Å²) in [6.45, 7) is 1.88. The van der Waals surface area contributed by atoms with E-state index in [4.69, 9.17) is 4.74 Å². The molecule has 0 spiro atoms. The van der Waals surface area contributed by atoms with E-state index in [-0.39, 0.29) is 29.2 Å². The van der Waals surface area contributed by atoms with Crippen molar-refractivity contribution in [2.75, 3.05) is 11.5 Å². The first kappa shape index (κ1) is 18.8. The maximum atomic E-state index is 13.8. The van der Waals surface area contributed by atoms with Gasteiger partial charge in [-0.15, -0.1) is 11.3 Å². The van der Waals surface area contributed by atoms with E-state index in [0.29, 0.717) is 13.0 Å². The molecule has 0 saturated carbocycles. The lowest BCUT2D eigenvalue weighted by atomic mass is 10.2. The van der Waals surface area contributed by atoms with E-state index in [1.165, 1.54) is 23.5 Å². The molecule has 3 rings (SSSR count). The van der Waals surface area contributed by atoms with Gasteiger partial charge in [0.15, 0.2) is 27.5 Å². The van der Waals surface area contributed by atoms with Crippen LogP contribution in [0.5, 0.6) is 5.75 Å². The topological polar surface area (TPSA) is 63.7 Å². The zero-order valence-electron chi connectivity index (χ0n) is 14.3. The van der Waals surface area contributed by atoms with E-state index in [0.717, 1.165) is 4.88 Å². The zero-order chi connectivity index (χ0) is 18.7. The Morgan fingerprint density at radius 1 is 1.35 bits per heavy atom. The summed E-state index contributed by atoms with van der Waals surface area (Å²) >= 11 is 1.50. The summed E-state index contributed by atoms with van der Waals surface area (Å²) in [4.78, 5) is 15.5. The van der Waals surface area contributed by atoms with Gasteiger partial charge in [0.2, 0.25) is 0 Å². The first-order valence-electron chi connectivity index (χ1n) is 8.30. The summed E-state index contributed by atoms with van der Waals surface area (Å²) in [5.41, 5.74) is 0. The summed E-state index contributed by atoms with van der Waals surface area (Å²) in [7, 11) is -3.14. The molecule has 2 aromatic rings. The Kier molecular flexibility index (Phi) is 5.62. The molecule has 1 aliphatic heterocycles. The van der Waals surface area contributed by atoms with Crippen LogP contribution in [-0.2, 0) is 21.2 Å². The predicted molar refractivity (Wildman–Crippen MR) is 98.4 cm³/mol. The van der Waals surface area contributed by atoms with Crippen LogP contribution in [0, 0.1) is 5.82 Å². The molecule has 0 aliphatic carbocycles. The van der Waals surface area contributed by atoms with Crippen molar-refractivity contribution in [3.8, 4) is 5.75 Å². The number of para-hydroxylation sites is 1. The third-order valence-electron chi connectivity index (χ3n) is 4.33. The highest BCUT2D eigenvalue weighted by molar-refractivity contribution is 7.91. The van der Waals surface area contributed by atoms with Crippen molar-refractivity contribution in [2.45, 2.75) is 32.0 Å². The first-order valence-corrected chi connectivity index (χ1v) is 11.0. The lowest BCUT2D eigenvalue weighted by molar-refractivity contribution is -0.140. The van der Waals surface area contributed by atoms with Gasteiger partial charge in [-0.2, -0.15) is 0 Å². The van der Waals surface area contributed by atoms with Crippen molar-refractivity contribution in [3.05, 3.63) is 52.5 Å². The lowest BCUT2D eigenvalue weighted by Crippen LogP contribution is -2.46. The lowest BCUT2D eigenvalue weighted by Gasteiger charge is -2.30. The highest BCUT2D eigenvalue weighted by Crippen LogP contribution is 2.24. The normalized spacial score (nSPS) is 19.8. The molecule has 1 aliphatic rings. The fourth-order valence-corrected chi connectivity index (χ4v) is 5.43. The number of sulfone groups is 1. The highest BCUT2D eigenvalue weighted by atomic mass is 32.2. The van der Waals surface area contributed by atoms with Crippen molar-refractivity contribution < 1.29 is 22.3 Å². The molecule has 1 amide bonds. The quantitative estimate of drug-likeness (QED) is 0.752. The van der Waals surface area contributed by atoms with Gasteiger partial charge in [-0.25, -0.2) is 12.8 Å². The van der Waals surface area contributed by atoms with E-state index in [1.807, 2.05) is 17.5 Å². The summed E-state index contributed by atoms with van der Waals surface area (Å²) in [5, 5.41) is 1.91. The number of hydrogen-bond donors (Lipinski definition) is 0. The number of hydrogen-bond acceptors (Lipinski definition) is 5. The van der Waals surface area contributed by atoms with Crippen LogP contribution >= 0.6 is 11.3 Å². The summed E-state index contributed by atoms with van der Waals surface area (Å²) < 4.78 is 43.0. The minimum absolute atomic E-state index is 0.00321. The number of ether oxygens (including phenoxy) is 1. The monoisotopic (exact) mass is 397 g/mol. The van der Waals surface area contributed by atoms with Crippen LogP contribution in [0.2, 0.25) is 0 Å². The third kappa shape index (κ3) is 4.42. The van der Waals surface area contributed by atoms with Gasteiger partial charge in [0, 0.05) is 10.9 Å². The number of carbonyl (C=O) groups excluding carboxylic acids is 1. The van der Waals surface area contributed by atoms with Gasteiger partial charge in [0.05, 0.1) is 18.1 Å². The van der Waals surface area contributed by atoms with E-state index in [1.54, 1.807) is 24.0 Å². The van der Waals surface area contributed by atoms with Crippen LogP contribution in [-0.4, -0.2) is 42.9 Å². The Morgan fingerprint density at radius 3 is 2.73 bits per heavy atom. The van der Waals surface area contributed by atoms with Crippen LogP contribution in [0.3, 0.4) is 0 Å². The molecule has 5 nitrogen and oxygen atoms in total. The second kappa shape index (κ2) is 7.75. The Bertz CT molecular complexity index is 867. The molecular weight excluding hydrogens is 377 g/mol. The first-order chi connectivity index (χ1) is 12.4. The fraction of sp³-hybridized carbons (Fsp3) is 0.389. The average Bonchev–Trinajstić information content (AvgIpc) is 3.23. The molecule has 0 bridgehead atoms. The molecule has 0 unspecified atom stereocenters. The van der Waals surface area contributed by atoms with Crippen molar-refractivity contribution in [1.82, 2.24) is 4.90 Å². The minimum atomic E-state index is -3.14. The molecule has 8 heteroatoms. The van der Waals surface area contributed by atoms with Crippen LogP contribution in [0.25, 0.3) is 0 Å². The average molecular weight is 397 g/mol. The molecule has 0 radical (unpaired) electrons. The molecule has 1 aromatic carbocycles. The van der Waals surface area contributed by atoms with Crippen molar-refractivity contribution in [2.24, 2.45) is 0 Å². The van der Waals surface area contributed by atoms with Crippen LogP contribution in [0.15, 0.2) is 41.8 Å². The number of carbonyl (C=O) groups is 1. The predicted octanol–water partition coefficient (Wildman–Crippen LogP) is 2.87. The summed E-state index contributed by atoms with van der Waals surface area (Å²) in [5.74, 6) is -0.849. The molecule has 1 fully saturated rings. The number of benzene rings is 1. The zero-order valence-corrected chi connectivity index (χ0v) is 15.9. The maximum absolute atomic E-state index is 13.8. The Hall–Kier alpha value is -1.93. The third-order valence-corrected chi connectivity index (χ3v) is 6.94. The molecule has 140 valence electrons. The van der Waals surface area contributed by atoms with E-state index >= 15 is 0 Å². The van der Waals surface area contributed by atoms with Gasteiger partial charge in [0.25, 0.3) is 5.91 Å². The molecule has 26 heavy (non-hydrogen) atoms. The second-order valence-electron chi connectivity index (χ2n) is 6.29. The molecule has 2 heterocycles. The number of amides is 1. The number of nitrogens with zero attached hydrogens (tertiary/aromatic N) is 1. The van der Waals surface area contributed by atoms with E-state index in [2.05, 4.69) is 0 Å². The van der Waals surface area contributed by atoms with Crippen molar-refractivity contribution >= 4 is 27.1 Å². The van der Waals surface area contributed by atoms with Crippen LogP contribution < -0.4 is 4.74 Å². The minimum Gasteiger partial charge on any atom is -0.478 e. The largest absolute Gasteiger partial charge is 0.478 e. The molecular formula is C18H20FNO4S2. The van der Waals surface area contributed by atoms with Crippen molar-refractivity contribution in [3.63, 3.8) is 0 Å². The standard InChI is InChI=1S/C18H20FNO4S2/c1-13(24-17-7-3-2-6-16(17)19)18(21)20(11-15-5-4-9-25-15)14-8-10-26(22,23)12-14/h2-7,9,13-14H,8,10-12H2,1H3/t13-,14+/m0/s1.